The Morgan fingerprint density at radius 1 is 1.37 bits per heavy atom. The van der Waals surface area contributed by atoms with Crippen LogP contribution in [-0.4, -0.2) is 30.8 Å². The van der Waals surface area contributed by atoms with Crippen molar-refractivity contribution in [2.75, 3.05) is 6.61 Å². The second-order valence-electron chi connectivity index (χ2n) is 6.26. The monoisotopic (exact) mass is 268 g/mol. The Labute approximate surface area is 116 Å². The first-order chi connectivity index (χ1) is 9.07. The standard InChI is InChI=1S/C14H28N4O/c1-4-19-12-9-11(14(12,2)3)17-13(18-15)16-10-7-5-6-8-10/h10-12H,4-9,15H2,1-3H3,(H2,16,17,18). The van der Waals surface area contributed by atoms with E-state index in [4.69, 9.17) is 15.6 Å². The lowest BCUT2D eigenvalue weighted by atomic mass is 9.65. The van der Waals surface area contributed by atoms with Crippen LogP contribution in [0, 0.1) is 5.41 Å². The summed E-state index contributed by atoms with van der Waals surface area (Å²) in [7, 11) is 0. The van der Waals surface area contributed by atoms with Gasteiger partial charge < -0.3 is 10.1 Å². The van der Waals surface area contributed by atoms with E-state index < -0.39 is 0 Å². The van der Waals surface area contributed by atoms with E-state index in [1.807, 2.05) is 6.92 Å². The minimum Gasteiger partial charge on any atom is -0.378 e. The zero-order valence-electron chi connectivity index (χ0n) is 12.4. The minimum absolute atomic E-state index is 0.0927. The van der Waals surface area contributed by atoms with Crippen LogP contribution in [0.5, 0.6) is 0 Å². The van der Waals surface area contributed by atoms with E-state index in [2.05, 4.69) is 24.6 Å². The summed E-state index contributed by atoms with van der Waals surface area (Å²) in [6, 6.07) is 0.810. The third kappa shape index (κ3) is 3.20. The molecular weight excluding hydrogens is 240 g/mol. The van der Waals surface area contributed by atoms with Crippen molar-refractivity contribution >= 4 is 5.96 Å². The van der Waals surface area contributed by atoms with Crippen LogP contribution in [0.4, 0.5) is 0 Å². The molecule has 5 nitrogen and oxygen atoms in total. The van der Waals surface area contributed by atoms with Crippen LogP contribution in [0.2, 0.25) is 0 Å². The maximum absolute atomic E-state index is 5.73. The zero-order valence-corrected chi connectivity index (χ0v) is 12.4. The van der Waals surface area contributed by atoms with Crippen LogP contribution < -0.4 is 16.6 Å². The van der Waals surface area contributed by atoms with Crippen molar-refractivity contribution in [3.05, 3.63) is 0 Å². The van der Waals surface area contributed by atoms with Crippen molar-refractivity contribution < 1.29 is 4.74 Å². The number of hydrogen-bond acceptors (Lipinski definition) is 3. The van der Waals surface area contributed by atoms with Gasteiger partial charge in [-0.2, -0.15) is 0 Å². The molecule has 0 spiro atoms. The summed E-state index contributed by atoms with van der Waals surface area (Å²) in [4.78, 5) is 4.74. The third-order valence-electron chi connectivity index (χ3n) is 4.61. The second-order valence-corrected chi connectivity index (χ2v) is 6.26. The molecule has 4 N–H and O–H groups in total. The average Bonchev–Trinajstić information content (AvgIpc) is 2.89. The van der Waals surface area contributed by atoms with E-state index in [0.29, 0.717) is 12.1 Å². The molecule has 2 saturated carbocycles. The Balaban J connectivity index is 1.91. The van der Waals surface area contributed by atoms with Crippen LogP contribution in [0.1, 0.15) is 52.9 Å². The summed E-state index contributed by atoms with van der Waals surface area (Å²) in [6.07, 6.45) is 6.34. The first-order valence-electron chi connectivity index (χ1n) is 7.50. The Kier molecular flexibility index (Phi) is 4.68. The molecule has 2 fully saturated rings. The molecule has 2 rings (SSSR count). The van der Waals surface area contributed by atoms with Crippen LogP contribution in [0.3, 0.4) is 0 Å². The number of hydrazine groups is 1. The summed E-state index contributed by atoms with van der Waals surface area (Å²) in [5, 5.41) is 3.42. The van der Waals surface area contributed by atoms with Crippen LogP contribution >= 0.6 is 0 Å². The Morgan fingerprint density at radius 3 is 2.58 bits per heavy atom. The fourth-order valence-corrected chi connectivity index (χ4v) is 3.10. The van der Waals surface area contributed by atoms with Crippen LogP contribution in [0.25, 0.3) is 0 Å². The Bertz CT molecular complexity index is 323. The number of aliphatic imine (C=N–C) groups is 1. The molecule has 0 aliphatic heterocycles. The number of guanidine groups is 1. The minimum atomic E-state index is 0.0927. The van der Waals surface area contributed by atoms with Gasteiger partial charge in [0, 0.05) is 18.1 Å². The normalized spacial score (nSPS) is 31.1. The largest absolute Gasteiger partial charge is 0.378 e. The molecule has 0 aromatic heterocycles. The van der Waals surface area contributed by atoms with E-state index in [-0.39, 0.29) is 11.5 Å². The fourth-order valence-electron chi connectivity index (χ4n) is 3.10. The second kappa shape index (κ2) is 6.09. The fraction of sp³-hybridized carbons (Fsp3) is 0.929. The van der Waals surface area contributed by atoms with Crippen molar-refractivity contribution in [1.82, 2.24) is 10.7 Å². The number of hydrogen-bond donors (Lipinski definition) is 3. The lowest BCUT2D eigenvalue weighted by Gasteiger charge is -2.49. The average molecular weight is 268 g/mol. The molecule has 2 atom stereocenters. The molecule has 0 aromatic carbocycles. The highest BCUT2D eigenvalue weighted by Gasteiger charge is 2.49. The van der Waals surface area contributed by atoms with Crippen LogP contribution in [0.15, 0.2) is 4.99 Å². The van der Waals surface area contributed by atoms with E-state index >= 15 is 0 Å². The molecule has 19 heavy (non-hydrogen) atoms. The summed E-state index contributed by atoms with van der Waals surface area (Å²) in [6.45, 7) is 7.25. The van der Waals surface area contributed by atoms with E-state index in [1.54, 1.807) is 0 Å². The molecule has 2 aliphatic carbocycles. The zero-order chi connectivity index (χ0) is 13.9. The number of rotatable bonds is 4. The quantitative estimate of drug-likeness (QED) is 0.313. The molecule has 0 aromatic rings. The van der Waals surface area contributed by atoms with Crippen molar-refractivity contribution in [1.29, 1.82) is 0 Å². The van der Waals surface area contributed by atoms with E-state index in [9.17, 15) is 0 Å². The SMILES string of the molecule is CCOC1CC(N=C(NN)NC2CCCC2)C1(C)C. The van der Waals surface area contributed by atoms with Gasteiger partial charge in [-0.3, -0.25) is 5.43 Å². The lowest BCUT2D eigenvalue weighted by Crippen LogP contribution is -2.56. The highest BCUT2D eigenvalue weighted by atomic mass is 16.5. The van der Waals surface area contributed by atoms with Crippen LogP contribution in [-0.2, 0) is 4.74 Å². The summed E-state index contributed by atoms with van der Waals surface area (Å²) in [5.74, 6) is 6.32. The van der Waals surface area contributed by atoms with Gasteiger partial charge in [0.1, 0.15) is 0 Å². The lowest BCUT2D eigenvalue weighted by molar-refractivity contribution is -0.103. The highest BCUT2D eigenvalue weighted by molar-refractivity contribution is 5.79. The predicted molar refractivity (Wildman–Crippen MR) is 77.7 cm³/mol. The Morgan fingerprint density at radius 2 is 2.05 bits per heavy atom. The van der Waals surface area contributed by atoms with Crippen molar-refractivity contribution in [2.24, 2.45) is 16.3 Å². The van der Waals surface area contributed by atoms with Gasteiger partial charge >= 0.3 is 0 Å². The topological polar surface area (TPSA) is 71.7 Å². The first kappa shape index (κ1) is 14.6. The van der Waals surface area contributed by atoms with Gasteiger partial charge in [0.05, 0.1) is 12.1 Å². The molecule has 0 radical (unpaired) electrons. The molecule has 2 unspecified atom stereocenters. The van der Waals surface area contributed by atoms with Gasteiger partial charge in [0.25, 0.3) is 0 Å². The van der Waals surface area contributed by atoms with Gasteiger partial charge in [0.2, 0.25) is 5.96 Å². The smallest absolute Gasteiger partial charge is 0.206 e. The highest BCUT2D eigenvalue weighted by Crippen LogP contribution is 2.44. The number of ether oxygens (including phenoxy) is 1. The molecule has 5 heteroatoms. The number of nitrogens with two attached hydrogens (primary N) is 1. The van der Waals surface area contributed by atoms with Gasteiger partial charge in [-0.25, -0.2) is 10.8 Å². The van der Waals surface area contributed by atoms with E-state index in [1.165, 1.54) is 25.7 Å². The molecule has 0 saturated heterocycles. The maximum atomic E-state index is 5.73. The third-order valence-corrected chi connectivity index (χ3v) is 4.61. The van der Waals surface area contributed by atoms with Crippen molar-refractivity contribution in [2.45, 2.75) is 71.1 Å². The summed E-state index contributed by atoms with van der Waals surface area (Å²) >= 11 is 0. The molecule has 0 heterocycles. The number of nitrogens with zero attached hydrogens (tertiary/aromatic N) is 1. The molecule has 2 aliphatic rings. The van der Waals surface area contributed by atoms with Gasteiger partial charge in [-0.1, -0.05) is 26.7 Å². The molecule has 110 valence electrons. The maximum Gasteiger partial charge on any atom is 0.206 e. The Hall–Kier alpha value is -0.810. The molecule has 0 amide bonds. The predicted octanol–water partition coefficient (Wildman–Crippen LogP) is 1.54. The van der Waals surface area contributed by atoms with Gasteiger partial charge in [-0.05, 0) is 26.2 Å². The summed E-state index contributed by atoms with van der Waals surface area (Å²) < 4.78 is 5.73. The molecule has 0 bridgehead atoms. The van der Waals surface area contributed by atoms with Gasteiger partial charge in [0.15, 0.2) is 0 Å². The van der Waals surface area contributed by atoms with Gasteiger partial charge in [-0.15, -0.1) is 0 Å². The summed E-state index contributed by atoms with van der Waals surface area (Å²) in [5.41, 5.74) is 2.80. The van der Waals surface area contributed by atoms with E-state index in [0.717, 1.165) is 19.0 Å². The first-order valence-corrected chi connectivity index (χ1v) is 7.50. The van der Waals surface area contributed by atoms with Crippen molar-refractivity contribution in [3.8, 4) is 0 Å². The van der Waals surface area contributed by atoms with Crippen molar-refractivity contribution in [3.63, 3.8) is 0 Å². The molecular formula is C14H28N4O. The number of nitrogens with one attached hydrogen (secondary N) is 2.